The summed E-state index contributed by atoms with van der Waals surface area (Å²) >= 11 is 0. The topological polar surface area (TPSA) is 99.4 Å². The van der Waals surface area contributed by atoms with E-state index in [4.69, 9.17) is 9.47 Å². The predicted molar refractivity (Wildman–Crippen MR) is 213 cm³/mol. The molecule has 4 aromatic carbocycles. The molecular formula is C49H38O6. The summed E-state index contributed by atoms with van der Waals surface area (Å²) < 4.78 is 13.6. The van der Waals surface area contributed by atoms with Gasteiger partial charge in [0.25, 0.3) is 0 Å². The zero-order valence-electron chi connectivity index (χ0n) is 29.8. The Balaban J connectivity index is 1.09. The molecule has 270 valence electrons. The number of rotatable bonds is 2. The number of aliphatic hydroxyl groups excluding tert-OH is 3. The Morgan fingerprint density at radius 3 is 2.20 bits per heavy atom. The van der Waals surface area contributed by atoms with E-state index in [1.165, 1.54) is 11.1 Å². The van der Waals surface area contributed by atoms with Gasteiger partial charge in [-0.3, -0.25) is 0 Å². The second-order valence-corrected chi connectivity index (χ2v) is 15.7. The molecule has 6 unspecified atom stereocenters. The number of aliphatic hydroxyl groups is 3. The van der Waals surface area contributed by atoms with Crippen molar-refractivity contribution in [2.45, 2.75) is 30.8 Å². The molecule has 0 saturated carbocycles. The third kappa shape index (κ3) is 5.01. The van der Waals surface area contributed by atoms with Gasteiger partial charge in [-0.2, -0.15) is 0 Å². The first-order valence-electron chi connectivity index (χ1n) is 19.1. The lowest BCUT2D eigenvalue weighted by Crippen LogP contribution is -2.45. The monoisotopic (exact) mass is 722 g/mol. The van der Waals surface area contributed by atoms with E-state index in [2.05, 4.69) is 66.8 Å². The van der Waals surface area contributed by atoms with Gasteiger partial charge in [0.15, 0.2) is 0 Å². The quantitative estimate of drug-likeness (QED) is 0.145. The van der Waals surface area contributed by atoms with E-state index >= 15 is 0 Å². The molecule has 7 atom stereocenters. The zero-order valence-corrected chi connectivity index (χ0v) is 29.8. The molecule has 5 aliphatic carbocycles. The van der Waals surface area contributed by atoms with Gasteiger partial charge in [-0.25, -0.2) is 0 Å². The van der Waals surface area contributed by atoms with Crippen molar-refractivity contribution < 1.29 is 29.9 Å². The molecule has 11 rings (SSSR count). The van der Waals surface area contributed by atoms with Gasteiger partial charge < -0.3 is 29.9 Å². The summed E-state index contributed by atoms with van der Waals surface area (Å²) in [7, 11) is 0. The maximum absolute atomic E-state index is 10.5. The van der Waals surface area contributed by atoms with Crippen molar-refractivity contribution in [3.8, 4) is 17.2 Å². The fraction of sp³-hybridized carbons (Fsp3) is 0.184. The van der Waals surface area contributed by atoms with Crippen molar-refractivity contribution in [2.75, 3.05) is 0 Å². The van der Waals surface area contributed by atoms with Crippen LogP contribution in [0.3, 0.4) is 0 Å². The standard InChI is InChI=1S/C49H38O6/c50-32-11-15-36-28(22-32)2-1-3-40-46(36)44(47-37-16-12-33(51)23-29(37)8-19-41(47)54-40)26-4-6-27(7-5-26)45-48-38-17-13-34(52)24-30(38)9-20-42(48)55-43-21-10-31-25-35(53)14-18-39(31)49(43)45/h1-13,15-17,19-25,36-37,40,44-47,50-53H,14,18H2/t36?,37?,40?,44?,45?,46?,47-/m1/s1. The molecule has 0 bridgehead atoms. The molecule has 2 heterocycles. The number of fused-ring (bicyclic) bond motifs is 12. The minimum absolute atomic E-state index is 0.0130. The molecule has 4 aromatic rings. The highest BCUT2D eigenvalue weighted by Gasteiger charge is 2.51. The molecule has 7 aliphatic rings. The number of hydrogen-bond acceptors (Lipinski definition) is 6. The lowest BCUT2D eigenvalue weighted by atomic mass is 9.59. The van der Waals surface area contributed by atoms with Gasteiger partial charge in [0, 0.05) is 53.1 Å². The van der Waals surface area contributed by atoms with Crippen LogP contribution in [0, 0.1) is 23.7 Å². The summed E-state index contributed by atoms with van der Waals surface area (Å²) in [6.07, 6.45) is 25.0. The maximum atomic E-state index is 10.5. The predicted octanol–water partition coefficient (Wildman–Crippen LogP) is 11.0. The van der Waals surface area contributed by atoms with E-state index in [0.29, 0.717) is 18.6 Å². The molecule has 0 spiro atoms. The van der Waals surface area contributed by atoms with Gasteiger partial charge in [0.2, 0.25) is 0 Å². The van der Waals surface area contributed by atoms with Crippen LogP contribution in [0.25, 0.3) is 16.8 Å². The minimum atomic E-state index is -0.191. The van der Waals surface area contributed by atoms with Crippen molar-refractivity contribution in [1.82, 2.24) is 0 Å². The number of hydrogen-bond donors (Lipinski definition) is 4. The van der Waals surface area contributed by atoms with Crippen LogP contribution in [-0.2, 0) is 11.2 Å². The molecule has 1 fully saturated rings. The molecular weight excluding hydrogens is 685 g/mol. The Morgan fingerprint density at radius 2 is 1.36 bits per heavy atom. The molecule has 4 N–H and O–H groups in total. The van der Waals surface area contributed by atoms with Gasteiger partial charge >= 0.3 is 0 Å². The van der Waals surface area contributed by atoms with E-state index in [0.717, 1.165) is 61.4 Å². The van der Waals surface area contributed by atoms with Crippen LogP contribution in [-0.4, -0.2) is 26.5 Å². The first-order chi connectivity index (χ1) is 26.9. The van der Waals surface area contributed by atoms with Crippen molar-refractivity contribution >= 4 is 16.8 Å². The van der Waals surface area contributed by atoms with Crippen LogP contribution >= 0.6 is 0 Å². The van der Waals surface area contributed by atoms with Crippen LogP contribution in [0.15, 0.2) is 168 Å². The molecule has 0 aromatic heterocycles. The molecule has 1 saturated heterocycles. The number of aromatic hydroxyl groups is 1. The van der Waals surface area contributed by atoms with E-state index in [9.17, 15) is 20.4 Å². The largest absolute Gasteiger partial charge is 0.512 e. The molecule has 0 radical (unpaired) electrons. The second kappa shape index (κ2) is 12.1. The molecule has 0 amide bonds. The van der Waals surface area contributed by atoms with Crippen molar-refractivity contribution in [1.29, 1.82) is 0 Å². The van der Waals surface area contributed by atoms with Gasteiger partial charge in [-0.05, 0) is 117 Å². The third-order valence-corrected chi connectivity index (χ3v) is 12.7. The van der Waals surface area contributed by atoms with Crippen molar-refractivity contribution in [3.63, 3.8) is 0 Å². The molecule has 55 heavy (non-hydrogen) atoms. The summed E-state index contributed by atoms with van der Waals surface area (Å²) in [6, 6.07) is 22.8. The average Bonchev–Trinajstić information content (AvgIpc) is 3.37. The number of phenolic OH excluding ortho intramolecular Hbond substituents is 1. The Labute approximate surface area is 318 Å². The summed E-state index contributed by atoms with van der Waals surface area (Å²) in [5.41, 5.74) is 8.81. The smallest absolute Gasteiger partial charge is 0.132 e. The number of allylic oxidation sites excluding steroid dienone is 14. The molecule has 6 nitrogen and oxygen atoms in total. The Bertz CT molecular complexity index is 2610. The van der Waals surface area contributed by atoms with Crippen molar-refractivity contribution in [2.24, 2.45) is 23.7 Å². The SMILES string of the molecule is OC1=CC2=CC=CC3OC4=CC=C5C=C(O)C=CC5[C@H]4C(c4ccc(C5c6c(ccc7c6CCC(O)=C7)Oc6ccc7cc(O)ccc7c65)cc4)C3C2C=C1. The zero-order chi connectivity index (χ0) is 36.9. The lowest BCUT2D eigenvalue weighted by Gasteiger charge is -2.50. The van der Waals surface area contributed by atoms with Crippen LogP contribution in [0.5, 0.6) is 17.2 Å². The average molecular weight is 723 g/mol. The number of phenols is 1. The highest BCUT2D eigenvalue weighted by Crippen LogP contribution is 2.57. The molecule has 6 heteroatoms. The van der Waals surface area contributed by atoms with Crippen LogP contribution in [0.1, 0.15) is 51.6 Å². The Morgan fingerprint density at radius 1 is 0.618 bits per heavy atom. The first kappa shape index (κ1) is 32.1. The van der Waals surface area contributed by atoms with E-state index in [-0.39, 0.29) is 58.9 Å². The Kier molecular flexibility index (Phi) is 7.03. The Hall–Kier alpha value is -6.40. The fourth-order valence-corrected chi connectivity index (χ4v) is 10.4. The van der Waals surface area contributed by atoms with Crippen LogP contribution in [0.4, 0.5) is 0 Å². The number of ether oxygens (including phenoxy) is 2. The first-order valence-corrected chi connectivity index (χ1v) is 19.1. The van der Waals surface area contributed by atoms with Gasteiger partial charge in [-0.1, -0.05) is 72.8 Å². The van der Waals surface area contributed by atoms with E-state index < -0.39 is 0 Å². The van der Waals surface area contributed by atoms with Gasteiger partial charge in [0.05, 0.1) is 5.76 Å². The third-order valence-electron chi connectivity index (χ3n) is 12.7. The van der Waals surface area contributed by atoms with Crippen LogP contribution < -0.4 is 4.74 Å². The summed E-state index contributed by atoms with van der Waals surface area (Å²) in [5, 5.41) is 43.9. The summed E-state index contributed by atoms with van der Waals surface area (Å²) in [6.45, 7) is 0. The highest BCUT2D eigenvalue weighted by atomic mass is 16.5. The summed E-state index contributed by atoms with van der Waals surface area (Å²) in [5.74, 6) is 3.58. The minimum Gasteiger partial charge on any atom is -0.512 e. The van der Waals surface area contributed by atoms with Gasteiger partial charge in [0.1, 0.15) is 40.6 Å². The maximum Gasteiger partial charge on any atom is 0.132 e. The normalized spacial score (nSPS) is 28.0. The highest BCUT2D eigenvalue weighted by molar-refractivity contribution is 5.91. The van der Waals surface area contributed by atoms with Gasteiger partial charge in [-0.15, -0.1) is 0 Å². The summed E-state index contributed by atoms with van der Waals surface area (Å²) in [4.78, 5) is 0. The fourth-order valence-electron chi connectivity index (χ4n) is 10.4. The van der Waals surface area contributed by atoms with E-state index in [1.807, 2.05) is 54.6 Å². The van der Waals surface area contributed by atoms with E-state index in [1.54, 1.807) is 18.2 Å². The van der Waals surface area contributed by atoms with Crippen LogP contribution in [0.2, 0.25) is 0 Å². The number of benzene rings is 4. The van der Waals surface area contributed by atoms with Crippen molar-refractivity contribution in [3.05, 3.63) is 201 Å². The second-order valence-electron chi connectivity index (χ2n) is 15.7. The molecule has 2 aliphatic heterocycles. The lowest BCUT2D eigenvalue weighted by molar-refractivity contribution is -0.00934.